The maximum absolute atomic E-state index is 12.7. The highest BCUT2D eigenvalue weighted by Gasteiger charge is 2.44. The predicted molar refractivity (Wildman–Crippen MR) is 115 cm³/mol. The van der Waals surface area contributed by atoms with Gasteiger partial charge in [0.05, 0.1) is 0 Å². The first-order chi connectivity index (χ1) is 14.2. The number of rotatable bonds is 6. The van der Waals surface area contributed by atoms with Crippen molar-refractivity contribution >= 4 is 17.9 Å². The van der Waals surface area contributed by atoms with Crippen LogP contribution in [0.2, 0.25) is 0 Å². The van der Waals surface area contributed by atoms with Gasteiger partial charge in [-0.15, -0.1) is 0 Å². The van der Waals surface area contributed by atoms with Gasteiger partial charge in [-0.25, -0.2) is 0 Å². The third-order valence-corrected chi connectivity index (χ3v) is 6.24. The summed E-state index contributed by atoms with van der Waals surface area (Å²) in [5, 5.41) is 3.19. The second-order valence-corrected chi connectivity index (χ2v) is 8.21. The van der Waals surface area contributed by atoms with Crippen molar-refractivity contribution in [2.75, 3.05) is 19.6 Å². The molecular formula is C25H28N2O2. The van der Waals surface area contributed by atoms with E-state index >= 15 is 0 Å². The maximum Gasteiger partial charge on any atom is 0.246 e. The molecule has 29 heavy (non-hydrogen) atoms. The molecule has 150 valence electrons. The van der Waals surface area contributed by atoms with E-state index in [0.29, 0.717) is 13.1 Å². The number of carbonyl (C=O) groups excluding carboxylic acids is 2. The van der Waals surface area contributed by atoms with Crippen LogP contribution in [0.4, 0.5) is 0 Å². The van der Waals surface area contributed by atoms with E-state index in [2.05, 4.69) is 29.6 Å². The average molecular weight is 389 g/mol. The molecule has 0 unspecified atom stereocenters. The lowest BCUT2D eigenvalue weighted by Crippen LogP contribution is -2.43. The van der Waals surface area contributed by atoms with E-state index in [0.717, 1.165) is 37.8 Å². The second kappa shape index (κ2) is 8.64. The summed E-state index contributed by atoms with van der Waals surface area (Å²) in [5.41, 5.74) is 2.48. The monoisotopic (exact) mass is 388 g/mol. The van der Waals surface area contributed by atoms with Crippen molar-refractivity contribution in [1.29, 1.82) is 0 Å². The van der Waals surface area contributed by atoms with E-state index in [-0.39, 0.29) is 23.1 Å². The third kappa shape index (κ3) is 4.76. The highest BCUT2D eigenvalue weighted by atomic mass is 16.2. The Hall–Kier alpha value is -2.88. The molecule has 0 radical (unpaired) electrons. The second-order valence-electron chi connectivity index (χ2n) is 8.21. The van der Waals surface area contributed by atoms with Gasteiger partial charge in [-0.3, -0.25) is 9.59 Å². The quantitative estimate of drug-likeness (QED) is 0.766. The van der Waals surface area contributed by atoms with E-state index in [1.54, 1.807) is 6.08 Å². The SMILES string of the molecule is O=C(NCC1(c2ccccc2)CC1)C1CCN(C(=O)/C=C/c2ccccc2)CC1. The van der Waals surface area contributed by atoms with E-state index in [1.807, 2.05) is 47.4 Å². The number of amides is 2. The molecule has 0 aromatic heterocycles. The number of carbonyl (C=O) groups is 2. The minimum Gasteiger partial charge on any atom is -0.355 e. The Balaban J connectivity index is 1.24. The molecule has 0 atom stereocenters. The Kier molecular flexibility index (Phi) is 5.79. The smallest absolute Gasteiger partial charge is 0.246 e. The fourth-order valence-corrected chi connectivity index (χ4v) is 4.11. The first-order valence-corrected chi connectivity index (χ1v) is 10.5. The van der Waals surface area contributed by atoms with E-state index in [1.165, 1.54) is 5.56 Å². The van der Waals surface area contributed by atoms with E-state index in [4.69, 9.17) is 0 Å². The molecule has 2 aromatic rings. The molecule has 2 aromatic carbocycles. The molecule has 2 aliphatic rings. The lowest BCUT2D eigenvalue weighted by molar-refractivity contribution is -0.132. The molecule has 4 heteroatoms. The lowest BCUT2D eigenvalue weighted by atomic mass is 9.93. The molecule has 1 heterocycles. The fraction of sp³-hybridized carbons (Fsp3) is 0.360. The predicted octanol–water partition coefficient (Wildman–Crippen LogP) is 3.79. The highest BCUT2D eigenvalue weighted by Crippen LogP contribution is 2.47. The molecule has 1 saturated heterocycles. The van der Waals surface area contributed by atoms with Gasteiger partial charge in [-0.1, -0.05) is 60.7 Å². The van der Waals surface area contributed by atoms with Crippen LogP contribution in [0, 0.1) is 5.92 Å². The molecule has 2 amide bonds. The minimum absolute atomic E-state index is 0.00345. The third-order valence-electron chi connectivity index (χ3n) is 6.24. The maximum atomic E-state index is 12.7. The van der Waals surface area contributed by atoms with Crippen molar-refractivity contribution in [2.45, 2.75) is 31.1 Å². The molecule has 1 aliphatic heterocycles. The molecule has 0 bridgehead atoms. The molecule has 0 spiro atoms. The highest BCUT2D eigenvalue weighted by molar-refractivity contribution is 5.92. The van der Waals surface area contributed by atoms with E-state index < -0.39 is 0 Å². The summed E-state index contributed by atoms with van der Waals surface area (Å²) in [6.07, 6.45) is 7.21. The molecular weight excluding hydrogens is 360 g/mol. The molecule has 4 rings (SSSR count). The van der Waals surface area contributed by atoms with Crippen LogP contribution in [0.15, 0.2) is 66.7 Å². The van der Waals surface area contributed by atoms with Crippen LogP contribution in [-0.2, 0) is 15.0 Å². The first-order valence-electron chi connectivity index (χ1n) is 10.5. The van der Waals surface area contributed by atoms with Crippen LogP contribution in [0.25, 0.3) is 6.08 Å². The molecule has 4 nitrogen and oxygen atoms in total. The summed E-state index contributed by atoms with van der Waals surface area (Å²) >= 11 is 0. The van der Waals surface area contributed by atoms with Gasteiger partial charge >= 0.3 is 0 Å². The Labute approximate surface area is 172 Å². The normalized spacial score (nSPS) is 18.6. The minimum atomic E-state index is 0.00345. The van der Waals surface area contributed by atoms with Crippen LogP contribution in [-0.4, -0.2) is 36.3 Å². The summed E-state index contributed by atoms with van der Waals surface area (Å²) < 4.78 is 0. The number of nitrogens with one attached hydrogen (secondary N) is 1. The van der Waals surface area contributed by atoms with Gasteiger partial charge in [0.2, 0.25) is 11.8 Å². The van der Waals surface area contributed by atoms with Gasteiger partial charge in [0.25, 0.3) is 0 Å². The van der Waals surface area contributed by atoms with E-state index in [9.17, 15) is 9.59 Å². The topological polar surface area (TPSA) is 49.4 Å². The number of piperidine rings is 1. The Morgan fingerprint density at radius 1 is 0.966 bits per heavy atom. The summed E-state index contributed by atoms with van der Waals surface area (Å²) in [6, 6.07) is 20.3. The molecule has 1 saturated carbocycles. The van der Waals surface area contributed by atoms with Gasteiger partial charge in [0.1, 0.15) is 0 Å². The lowest BCUT2D eigenvalue weighted by Gasteiger charge is -2.31. The van der Waals surface area contributed by atoms with Crippen LogP contribution in [0.1, 0.15) is 36.8 Å². The standard InChI is InChI=1S/C25H28N2O2/c28-23(12-11-20-7-3-1-4-8-20)27-17-13-21(14-18-27)24(29)26-19-25(15-16-25)22-9-5-2-6-10-22/h1-12,21H,13-19H2,(H,26,29)/b12-11+. The van der Waals surface area contributed by atoms with Crippen molar-refractivity contribution in [3.8, 4) is 0 Å². The Morgan fingerprint density at radius 2 is 1.59 bits per heavy atom. The summed E-state index contributed by atoms with van der Waals surface area (Å²) in [4.78, 5) is 26.9. The zero-order valence-corrected chi connectivity index (χ0v) is 16.7. The Morgan fingerprint density at radius 3 is 2.21 bits per heavy atom. The van der Waals surface area contributed by atoms with Crippen LogP contribution in [0.3, 0.4) is 0 Å². The number of likely N-dealkylation sites (tertiary alicyclic amines) is 1. The van der Waals surface area contributed by atoms with Crippen molar-refractivity contribution < 1.29 is 9.59 Å². The fourth-order valence-electron chi connectivity index (χ4n) is 4.11. The van der Waals surface area contributed by atoms with Crippen molar-refractivity contribution in [3.63, 3.8) is 0 Å². The van der Waals surface area contributed by atoms with Crippen molar-refractivity contribution in [1.82, 2.24) is 10.2 Å². The van der Waals surface area contributed by atoms with Crippen LogP contribution < -0.4 is 5.32 Å². The zero-order chi connectivity index (χ0) is 20.1. The van der Waals surface area contributed by atoms with Crippen LogP contribution >= 0.6 is 0 Å². The van der Waals surface area contributed by atoms with Crippen molar-refractivity contribution in [3.05, 3.63) is 77.9 Å². The number of benzene rings is 2. The Bertz CT molecular complexity index is 864. The molecule has 2 fully saturated rings. The van der Waals surface area contributed by atoms with Gasteiger partial charge < -0.3 is 10.2 Å². The molecule has 1 N–H and O–H groups in total. The van der Waals surface area contributed by atoms with Crippen molar-refractivity contribution in [2.24, 2.45) is 5.92 Å². The largest absolute Gasteiger partial charge is 0.355 e. The van der Waals surface area contributed by atoms with Gasteiger partial charge in [-0.05, 0) is 42.9 Å². The average Bonchev–Trinajstić information content (AvgIpc) is 3.58. The first kappa shape index (κ1) is 19.4. The number of hydrogen-bond acceptors (Lipinski definition) is 2. The van der Waals surface area contributed by atoms with Gasteiger partial charge in [0, 0.05) is 37.0 Å². The molecule has 1 aliphatic carbocycles. The zero-order valence-electron chi connectivity index (χ0n) is 16.7. The number of nitrogens with zero attached hydrogens (tertiary/aromatic N) is 1. The van der Waals surface area contributed by atoms with Gasteiger partial charge in [0.15, 0.2) is 0 Å². The summed E-state index contributed by atoms with van der Waals surface area (Å²) in [6.45, 7) is 1.99. The van der Waals surface area contributed by atoms with Crippen LogP contribution in [0.5, 0.6) is 0 Å². The summed E-state index contributed by atoms with van der Waals surface area (Å²) in [7, 11) is 0. The number of hydrogen-bond donors (Lipinski definition) is 1. The van der Waals surface area contributed by atoms with Gasteiger partial charge in [-0.2, -0.15) is 0 Å². The summed E-state index contributed by atoms with van der Waals surface area (Å²) in [5.74, 6) is 0.164.